The second-order valence-electron chi connectivity index (χ2n) is 4.50. The van der Waals surface area contributed by atoms with E-state index < -0.39 is 5.97 Å². The Bertz CT molecular complexity index is 631. The minimum Gasteiger partial charge on any atom is -0.497 e. The number of anilines is 1. The Labute approximate surface area is 122 Å². The van der Waals surface area contributed by atoms with Gasteiger partial charge in [0.25, 0.3) is 0 Å². The SMILES string of the molecule is COC(=O)c1c(C)nc(Cc2ccc(OC)cc2)nc1N. The largest absolute Gasteiger partial charge is 0.497 e. The molecule has 0 amide bonds. The zero-order chi connectivity index (χ0) is 15.4. The summed E-state index contributed by atoms with van der Waals surface area (Å²) >= 11 is 0. The first kappa shape index (κ1) is 14.8. The number of esters is 1. The summed E-state index contributed by atoms with van der Waals surface area (Å²) in [5, 5.41) is 0. The Balaban J connectivity index is 2.26. The van der Waals surface area contributed by atoms with Gasteiger partial charge in [0.1, 0.15) is 23.0 Å². The lowest BCUT2D eigenvalue weighted by Crippen LogP contribution is -2.13. The maximum Gasteiger partial charge on any atom is 0.343 e. The average Bonchev–Trinajstić information content (AvgIpc) is 2.47. The number of benzene rings is 1. The highest BCUT2D eigenvalue weighted by molar-refractivity contribution is 5.95. The topological polar surface area (TPSA) is 87.3 Å². The van der Waals surface area contributed by atoms with Gasteiger partial charge in [0.15, 0.2) is 0 Å². The molecule has 0 bridgehead atoms. The van der Waals surface area contributed by atoms with Crippen LogP contribution in [-0.4, -0.2) is 30.2 Å². The molecule has 0 aliphatic heterocycles. The van der Waals surface area contributed by atoms with Crippen molar-refractivity contribution < 1.29 is 14.3 Å². The molecule has 0 atom stereocenters. The van der Waals surface area contributed by atoms with Crippen molar-refractivity contribution in [3.05, 3.63) is 46.9 Å². The summed E-state index contributed by atoms with van der Waals surface area (Å²) in [5.74, 6) is 0.957. The van der Waals surface area contributed by atoms with Gasteiger partial charge < -0.3 is 15.2 Å². The number of carbonyl (C=O) groups is 1. The minimum atomic E-state index is -0.527. The average molecular weight is 287 g/mol. The molecular formula is C15H17N3O3. The second-order valence-corrected chi connectivity index (χ2v) is 4.50. The van der Waals surface area contributed by atoms with E-state index in [0.29, 0.717) is 17.9 Å². The highest BCUT2D eigenvalue weighted by Crippen LogP contribution is 2.17. The number of rotatable bonds is 4. The lowest BCUT2D eigenvalue weighted by atomic mass is 10.1. The number of aromatic nitrogens is 2. The molecule has 2 aromatic rings. The van der Waals surface area contributed by atoms with Crippen molar-refractivity contribution in [1.29, 1.82) is 0 Å². The fourth-order valence-electron chi connectivity index (χ4n) is 2.01. The zero-order valence-corrected chi connectivity index (χ0v) is 12.2. The molecule has 0 radical (unpaired) electrons. The number of nitrogen functional groups attached to an aromatic ring is 1. The summed E-state index contributed by atoms with van der Waals surface area (Å²) in [4.78, 5) is 20.1. The highest BCUT2D eigenvalue weighted by atomic mass is 16.5. The fourth-order valence-corrected chi connectivity index (χ4v) is 2.01. The summed E-state index contributed by atoms with van der Waals surface area (Å²) in [6.45, 7) is 1.71. The number of ether oxygens (including phenoxy) is 2. The van der Waals surface area contributed by atoms with E-state index in [1.165, 1.54) is 7.11 Å². The van der Waals surface area contributed by atoms with E-state index in [1.54, 1.807) is 14.0 Å². The number of methoxy groups -OCH3 is 2. The molecule has 0 unspecified atom stereocenters. The molecule has 2 rings (SSSR count). The molecule has 0 fully saturated rings. The van der Waals surface area contributed by atoms with Crippen molar-refractivity contribution in [2.24, 2.45) is 0 Å². The van der Waals surface area contributed by atoms with Gasteiger partial charge in [-0.05, 0) is 24.6 Å². The lowest BCUT2D eigenvalue weighted by molar-refractivity contribution is 0.0600. The van der Waals surface area contributed by atoms with E-state index >= 15 is 0 Å². The first-order valence-electron chi connectivity index (χ1n) is 6.39. The summed E-state index contributed by atoms with van der Waals surface area (Å²) in [6, 6.07) is 7.60. The van der Waals surface area contributed by atoms with Crippen LogP contribution < -0.4 is 10.5 Å². The number of aryl methyl sites for hydroxylation is 1. The van der Waals surface area contributed by atoms with E-state index in [9.17, 15) is 4.79 Å². The predicted octanol–water partition coefficient (Wildman–Crippen LogP) is 1.75. The summed E-state index contributed by atoms with van der Waals surface area (Å²) < 4.78 is 9.78. The fraction of sp³-hybridized carbons (Fsp3) is 0.267. The molecule has 1 aromatic carbocycles. The smallest absolute Gasteiger partial charge is 0.343 e. The van der Waals surface area contributed by atoms with Crippen LogP contribution in [-0.2, 0) is 11.2 Å². The standard InChI is InChI=1S/C15H17N3O3/c1-9-13(15(19)21-3)14(16)18-12(17-9)8-10-4-6-11(20-2)7-5-10/h4-7H,8H2,1-3H3,(H2,16,17,18). The number of carbonyl (C=O) groups excluding carboxylic acids is 1. The van der Waals surface area contributed by atoms with Crippen LogP contribution in [0.15, 0.2) is 24.3 Å². The van der Waals surface area contributed by atoms with Gasteiger partial charge in [-0.2, -0.15) is 0 Å². The van der Waals surface area contributed by atoms with E-state index in [4.69, 9.17) is 10.5 Å². The third-order valence-electron chi connectivity index (χ3n) is 3.08. The molecule has 6 heteroatoms. The summed E-state index contributed by atoms with van der Waals surface area (Å²) in [5.41, 5.74) is 7.58. The van der Waals surface area contributed by atoms with Gasteiger partial charge in [-0.25, -0.2) is 14.8 Å². The van der Waals surface area contributed by atoms with Gasteiger partial charge in [0.2, 0.25) is 0 Å². The maximum atomic E-state index is 11.6. The van der Waals surface area contributed by atoms with Crippen molar-refractivity contribution in [3.63, 3.8) is 0 Å². The first-order chi connectivity index (χ1) is 10.0. The van der Waals surface area contributed by atoms with Crippen LogP contribution in [0.2, 0.25) is 0 Å². The number of nitrogens with zero attached hydrogens (tertiary/aromatic N) is 2. The molecule has 1 aromatic heterocycles. The van der Waals surface area contributed by atoms with Crippen LogP contribution in [0.1, 0.15) is 27.4 Å². The number of hydrogen-bond donors (Lipinski definition) is 1. The minimum absolute atomic E-state index is 0.137. The normalized spacial score (nSPS) is 10.2. The molecule has 110 valence electrons. The van der Waals surface area contributed by atoms with E-state index in [0.717, 1.165) is 11.3 Å². The quantitative estimate of drug-likeness (QED) is 0.862. The Kier molecular flexibility index (Phi) is 4.37. The van der Waals surface area contributed by atoms with E-state index in [1.807, 2.05) is 24.3 Å². The van der Waals surface area contributed by atoms with Crippen LogP contribution in [0, 0.1) is 6.92 Å². The molecule has 0 aliphatic carbocycles. The monoisotopic (exact) mass is 287 g/mol. The predicted molar refractivity (Wildman–Crippen MR) is 78.3 cm³/mol. The second kappa shape index (κ2) is 6.21. The van der Waals surface area contributed by atoms with Gasteiger partial charge in [-0.1, -0.05) is 12.1 Å². The van der Waals surface area contributed by atoms with Gasteiger partial charge in [0.05, 0.1) is 19.9 Å². The third-order valence-corrected chi connectivity index (χ3v) is 3.08. The Morgan fingerprint density at radius 1 is 1.19 bits per heavy atom. The van der Waals surface area contributed by atoms with Crippen molar-refractivity contribution in [3.8, 4) is 5.75 Å². The van der Waals surface area contributed by atoms with Crippen LogP contribution in [0.3, 0.4) is 0 Å². The van der Waals surface area contributed by atoms with Crippen LogP contribution in [0.4, 0.5) is 5.82 Å². The lowest BCUT2D eigenvalue weighted by Gasteiger charge is -2.09. The van der Waals surface area contributed by atoms with Crippen molar-refractivity contribution in [2.45, 2.75) is 13.3 Å². The van der Waals surface area contributed by atoms with Gasteiger partial charge in [0, 0.05) is 6.42 Å². The Morgan fingerprint density at radius 2 is 1.86 bits per heavy atom. The van der Waals surface area contributed by atoms with Crippen LogP contribution in [0.5, 0.6) is 5.75 Å². The van der Waals surface area contributed by atoms with Crippen molar-refractivity contribution in [1.82, 2.24) is 9.97 Å². The molecule has 6 nitrogen and oxygen atoms in total. The van der Waals surface area contributed by atoms with Crippen molar-refractivity contribution >= 4 is 11.8 Å². The molecule has 0 aliphatic rings. The van der Waals surface area contributed by atoms with Gasteiger partial charge in [-0.3, -0.25) is 0 Å². The Morgan fingerprint density at radius 3 is 2.38 bits per heavy atom. The maximum absolute atomic E-state index is 11.6. The molecule has 0 saturated heterocycles. The van der Waals surface area contributed by atoms with Gasteiger partial charge in [-0.15, -0.1) is 0 Å². The number of nitrogens with two attached hydrogens (primary N) is 1. The molecule has 0 saturated carbocycles. The molecule has 2 N–H and O–H groups in total. The highest BCUT2D eigenvalue weighted by Gasteiger charge is 2.17. The summed E-state index contributed by atoms with van der Waals surface area (Å²) in [7, 11) is 2.92. The summed E-state index contributed by atoms with van der Waals surface area (Å²) in [6.07, 6.45) is 0.524. The van der Waals surface area contributed by atoms with Gasteiger partial charge >= 0.3 is 5.97 Å². The van der Waals surface area contributed by atoms with Crippen LogP contribution >= 0.6 is 0 Å². The van der Waals surface area contributed by atoms with Crippen molar-refractivity contribution in [2.75, 3.05) is 20.0 Å². The number of hydrogen-bond acceptors (Lipinski definition) is 6. The third kappa shape index (κ3) is 3.28. The molecule has 21 heavy (non-hydrogen) atoms. The molecule has 1 heterocycles. The zero-order valence-electron chi connectivity index (χ0n) is 12.2. The van der Waals surface area contributed by atoms with E-state index in [2.05, 4.69) is 14.7 Å². The molecular weight excluding hydrogens is 270 g/mol. The first-order valence-corrected chi connectivity index (χ1v) is 6.39. The Hall–Kier alpha value is -2.63. The van der Waals surface area contributed by atoms with Crippen LogP contribution in [0.25, 0.3) is 0 Å². The molecule has 0 spiro atoms. The van der Waals surface area contributed by atoms with E-state index in [-0.39, 0.29) is 11.4 Å².